The molecule has 2 aliphatic heterocycles. The van der Waals surface area contributed by atoms with Crippen LogP contribution in [0.5, 0.6) is 0 Å². The molecule has 0 aliphatic carbocycles. The maximum Gasteiger partial charge on any atom is 0.416 e. The van der Waals surface area contributed by atoms with Gasteiger partial charge in [0.25, 0.3) is 0 Å². The number of carbonyl (C=O) groups is 1. The summed E-state index contributed by atoms with van der Waals surface area (Å²) in [6.45, 7) is 0.0938. The van der Waals surface area contributed by atoms with Crippen LogP contribution in [0.3, 0.4) is 0 Å². The number of likely N-dealkylation sites (N-methyl/N-ethyl adjacent to an activating group) is 1. The summed E-state index contributed by atoms with van der Waals surface area (Å²) in [5, 5.41) is 14.4. The minimum absolute atomic E-state index is 0.00758. The van der Waals surface area contributed by atoms with Gasteiger partial charge in [-0.25, -0.2) is 9.79 Å². The molecule has 2 aromatic rings. The van der Waals surface area contributed by atoms with Crippen LogP contribution in [0.2, 0.25) is 0 Å². The van der Waals surface area contributed by atoms with Gasteiger partial charge in [-0.05, 0) is 42.0 Å². The van der Waals surface area contributed by atoms with E-state index in [-0.39, 0.29) is 37.1 Å². The first-order valence-electron chi connectivity index (χ1n) is 11.0. The monoisotopic (exact) mass is 539 g/mol. The number of nitrogens with zero attached hydrogens (tertiary/aromatic N) is 3. The number of hydrogen-bond acceptors (Lipinski definition) is 5. The Labute approximate surface area is 216 Å². The number of benzene rings is 2. The summed E-state index contributed by atoms with van der Waals surface area (Å²) in [6, 6.07) is 12.1. The van der Waals surface area contributed by atoms with Crippen LogP contribution in [0.25, 0.3) is 0 Å². The van der Waals surface area contributed by atoms with E-state index in [1.807, 2.05) is 12.1 Å². The summed E-state index contributed by atoms with van der Waals surface area (Å²) < 4.78 is 43.7. The Bertz CT molecular complexity index is 1260. The average molecular weight is 540 g/mol. The Morgan fingerprint density at radius 1 is 1.17 bits per heavy atom. The summed E-state index contributed by atoms with van der Waals surface area (Å²) in [5.41, 5.74) is 1.36. The second-order valence-electron chi connectivity index (χ2n) is 8.60. The van der Waals surface area contributed by atoms with Gasteiger partial charge in [0.15, 0.2) is 0 Å². The number of cyclic esters (lactones) is 1. The SMILES string of the molecule is CN(CC1=C(Cl)C=C(Cl)C[N+]1([O-])CCc1ccc(C2=NCC(=O)O2)cc1)c1cccc(C(F)(F)F)c1. The summed E-state index contributed by atoms with van der Waals surface area (Å²) >= 11 is 12.6. The molecule has 0 saturated carbocycles. The predicted octanol–water partition coefficient (Wildman–Crippen LogP) is 5.59. The maximum absolute atomic E-state index is 13.9. The molecule has 2 aliphatic rings. The molecule has 1 unspecified atom stereocenters. The Hall–Kier alpha value is -2.85. The van der Waals surface area contributed by atoms with Gasteiger partial charge in [-0.15, -0.1) is 0 Å². The van der Waals surface area contributed by atoms with Gasteiger partial charge in [0.1, 0.15) is 23.8 Å². The van der Waals surface area contributed by atoms with Crippen LogP contribution in [-0.4, -0.2) is 49.7 Å². The maximum atomic E-state index is 13.9. The predicted molar refractivity (Wildman–Crippen MR) is 133 cm³/mol. The van der Waals surface area contributed by atoms with Crippen LogP contribution in [0.15, 0.2) is 75.4 Å². The van der Waals surface area contributed by atoms with Gasteiger partial charge < -0.3 is 19.5 Å². The van der Waals surface area contributed by atoms with Crippen molar-refractivity contribution in [3.8, 4) is 0 Å². The van der Waals surface area contributed by atoms with Crippen molar-refractivity contribution in [1.82, 2.24) is 0 Å². The van der Waals surface area contributed by atoms with E-state index in [9.17, 15) is 23.2 Å². The number of rotatable bonds is 7. The van der Waals surface area contributed by atoms with E-state index in [4.69, 9.17) is 27.9 Å². The number of aliphatic imine (C=N–C) groups is 1. The van der Waals surface area contributed by atoms with Crippen molar-refractivity contribution < 1.29 is 27.3 Å². The van der Waals surface area contributed by atoms with Crippen molar-refractivity contribution in [2.75, 3.05) is 38.1 Å². The van der Waals surface area contributed by atoms with Crippen molar-refractivity contribution in [2.24, 2.45) is 4.99 Å². The van der Waals surface area contributed by atoms with Gasteiger partial charge in [-0.3, -0.25) is 0 Å². The second kappa shape index (κ2) is 10.3. The average Bonchev–Trinajstić information content (AvgIpc) is 3.26. The summed E-state index contributed by atoms with van der Waals surface area (Å²) in [4.78, 5) is 16.8. The van der Waals surface area contributed by atoms with Gasteiger partial charge in [-0.1, -0.05) is 41.4 Å². The Morgan fingerprint density at radius 2 is 1.89 bits per heavy atom. The number of allylic oxidation sites excluding steroid dienone is 2. The molecule has 0 saturated heterocycles. The van der Waals surface area contributed by atoms with Crippen LogP contribution >= 0.6 is 23.2 Å². The van der Waals surface area contributed by atoms with Crippen molar-refractivity contribution in [2.45, 2.75) is 12.6 Å². The molecule has 1 atom stereocenters. The molecule has 0 bridgehead atoms. The lowest BCUT2D eigenvalue weighted by Gasteiger charge is -2.46. The zero-order valence-corrected chi connectivity index (χ0v) is 20.7. The molecule has 6 nitrogen and oxygen atoms in total. The number of carbonyl (C=O) groups excluding carboxylic acids is 1. The van der Waals surface area contributed by atoms with Crippen LogP contribution in [-0.2, 0) is 22.1 Å². The Kier molecular flexibility index (Phi) is 7.47. The highest BCUT2D eigenvalue weighted by Gasteiger charge is 2.33. The van der Waals surface area contributed by atoms with E-state index in [0.717, 1.165) is 17.7 Å². The molecular formula is C25H22Cl2F3N3O3. The molecule has 2 heterocycles. The first kappa shape index (κ1) is 26.2. The molecule has 11 heteroatoms. The Balaban J connectivity index is 1.50. The summed E-state index contributed by atoms with van der Waals surface area (Å²) in [7, 11) is 1.61. The third-order valence-corrected chi connectivity index (χ3v) is 6.54. The summed E-state index contributed by atoms with van der Waals surface area (Å²) in [6.07, 6.45) is -2.58. The zero-order valence-electron chi connectivity index (χ0n) is 19.2. The van der Waals surface area contributed by atoms with Crippen molar-refractivity contribution in [3.05, 3.63) is 92.3 Å². The largest absolute Gasteiger partial charge is 0.627 e. The summed E-state index contributed by atoms with van der Waals surface area (Å²) in [5.74, 6) is -0.144. The van der Waals surface area contributed by atoms with E-state index < -0.39 is 22.4 Å². The van der Waals surface area contributed by atoms with Crippen LogP contribution < -0.4 is 4.90 Å². The van der Waals surface area contributed by atoms with Crippen molar-refractivity contribution in [3.63, 3.8) is 0 Å². The van der Waals surface area contributed by atoms with E-state index in [1.54, 1.807) is 30.1 Å². The minimum atomic E-state index is -4.48. The lowest BCUT2D eigenvalue weighted by molar-refractivity contribution is -0.838. The smallest absolute Gasteiger partial charge is 0.416 e. The topological polar surface area (TPSA) is 65.0 Å². The molecule has 0 N–H and O–H groups in total. The van der Waals surface area contributed by atoms with Gasteiger partial charge in [0.05, 0.1) is 23.7 Å². The lowest BCUT2D eigenvalue weighted by Crippen LogP contribution is -2.48. The number of hydrogen-bond donors (Lipinski definition) is 0. The van der Waals surface area contributed by atoms with Crippen molar-refractivity contribution in [1.29, 1.82) is 0 Å². The molecule has 0 aromatic heterocycles. The van der Waals surface area contributed by atoms with Crippen molar-refractivity contribution >= 4 is 40.8 Å². The normalized spacial score (nSPS) is 20.2. The van der Waals surface area contributed by atoms with Gasteiger partial charge >= 0.3 is 12.1 Å². The molecule has 36 heavy (non-hydrogen) atoms. The number of hydroxylamine groups is 3. The quantitative estimate of drug-likeness (QED) is 0.261. The van der Waals surface area contributed by atoms with E-state index in [2.05, 4.69) is 4.99 Å². The third-order valence-electron chi connectivity index (χ3n) is 5.98. The van der Waals surface area contributed by atoms with E-state index in [1.165, 1.54) is 12.1 Å². The first-order valence-corrected chi connectivity index (χ1v) is 11.8. The molecule has 2 aromatic carbocycles. The second-order valence-corrected chi connectivity index (χ2v) is 9.50. The highest BCUT2D eigenvalue weighted by molar-refractivity contribution is 6.35. The zero-order chi connectivity index (χ0) is 26.1. The lowest BCUT2D eigenvalue weighted by atomic mass is 10.1. The fourth-order valence-corrected chi connectivity index (χ4v) is 4.74. The standard InChI is InChI=1S/C25H22Cl2F3N3O3/c1-32(20-4-2-3-18(11-20)25(28,29)30)14-22-21(27)12-19(26)15-33(22,35)10-9-16-5-7-17(8-6-16)24-31-13-23(34)36-24/h2-8,11-12H,9-10,13-15H2,1H3. The first-order chi connectivity index (χ1) is 16.9. The van der Waals surface area contributed by atoms with E-state index >= 15 is 0 Å². The number of alkyl halides is 3. The number of esters is 1. The van der Waals surface area contributed by atoms with Crippen LogP contribution in [0.4, 0.5) is 18.9 Å². The molecule has 4 rings (SSSR count). The minimum Gasteiger partial charge on any atom is -0.627 e. The molecule has 0 radical (unpaired) electrons. The van der Waals surface area contributed by atoms with Crippen LogP contribution in [0.1, 0.15) is 16.7 Å². The molecule has 190 valence electrons. The highest BCUT2D eigenvalue weighted by Crippen LogP contribution is 2.35. The fourth-order valence-electron chi connectivity index (χ4n) is 4.04. The Morgan fingerprint density at radius 3 is 2.53 bits per heavy atom. The van der Waals surface area contributed by atoms with E-state index in [0.29, 0.717) is 28.4 Å². The molecule has 0 fully saturated rings. The van der Waals surface area contributed by atoms with Crippen LogP contribution in [0, 0.1) is 5.21 Å². The molecule has 0 spiro atoms. The molecule has 0 amide bonds. The fraction of sp³-hybridized carbons (Fsp3) is 0.280. The number of halogens is 5. The number of anilines is 1. The van der Waals surface area contributed by atoms with Gasteiger partial charge in [-0.2, -0.15) is 13.2 Å². The number of quaternary nitrogens is 1. The molecular weight excluding hydrogens is 518 g/mol. The third kappa shape index (κ3) is 5.92. The van der Waals surface area contributed by atoms with Gasteiger partial charge in [0.2, 0.25) is 5.90 Å². The van der Waals surface area contributed by atoms with Gasteiger partial charge in [0, 0.05) is 24.7 Å². The highest BCUT2D eigenvalue weighted by atomic mass is 35.5. The number of ether oxygens (including phenoxy) is 1.